The third kappa shape index (κ3) is 3.30. The number of hydrogen-bond acceptors (Lipinski definition) is 5. The number of rotatable bonds is 4. The Labute approximate surface area is 143 Å². The molecule has 0 aliphatic carbocycles. The second-order valence-corrected chi connectivity index (χ2v) is 5.67. The molecular formula is C16H15ClN4O3. The molecule has 0 radical (unpaired) electrons. The number of ether oxygens (including phenoxy) is 1. The second-order valence-electron chi connectivity index (χ2n) is 5.26. The minimum atomic E-state index is -0.380. The van der Waals surface area contributed by atoms with Gasteiger partial charge in [0.2, 0.25) is 5.91 Å². The molecule has 0 spiro atoms. The molecule has 1 aliphatic rings. The van der Waals surface area contributed by atoms with Crippen molar-refractivity contribution in [2.24, 2.45) is 0 Å². The van der Waals surface area contributed by atoms with E-state index < -0.39 is 0 Å². The minimum absolute atomic E-state index is 0.0892. The molecule has 1 aromatic heterocycles. The number of benzene rings is 1. The van der Waals surface area contributed by atoms with Crippen molar-refractivity contribution in [3.63, 3.8) is 0 Å². The minimum Gasteiger partial charge on any atom is -0.467 e. The largest absolute Gasteiger partial charge is 0.467 e. The Morgan fingerprint density at radius 3 is 2.92 bits per heavy atom. The Kier molecular flexibility index (Phi) is 4.61. The van der Waals surface area contributed by atoms with Crippen LogP contribution in [-0.4, -0.2) is 41.5 Å². The molecule has 1 N–H and O–H groups in total. The SMILES string of the molecule is COc1nccc(C(=O)NC2CC(=O)N(c3ccccc3Cl)C2)n1. The normalized spacial score (nSPS) is 17.0. The smallest absolute Gasteiger partial charge is 0.316 e. The van der Waals surface area contributed by atoms with E-state index in [2.05, 4.69) is 15.3 Å². The summed E-state index contributed by atoms with van der Waals surface area (Å²) in [5.74, 6) is -0.469. The van der Waals surface area contributed by atoms with Gasteiger partial charge in [-0.25, -0.2) is 4.98 Å². The van der Waals surface area contributed by atoms with Crippen LogP contribution in [0.1, 0.15) is 16.9 Å². The molecular weight excluding hydrogens is 332 g/mol. The quantitative estimate of drug-likeness (QED) is 0.910. The highest BCUT2D eigenvalue weighted by molar-refractivity contribution is 6.33. The molecule has 1 aromatic carbocycles. The zero-order valence-electron chi connectivity index (χ0n) is 12.9. The lowest BCUT2D eigenvalue weighted by Gasteiger charge is -2.18. The number of hydrogen-bond donors (Lipinski definition) is 1. The number of aromatic nitrogens is 2. The number of nitrogens with one attached hydrogen (secondary N) is 1. The fraction of sp³-hybridized carbons (Fsp3) is 0.250. The molecule has 0 bridgehead atoms. The van der Waals surface area contributed by atoms with Crippen LogP contribution >= 0.6 is 11.6 Å². The summed E-state index contributed by atoms with van der Waals surface area (Å²) >= 11 is 6.14. The maximum Gasteiger partial charge on any atom is 0.316 e. The number of halogens is 1. The highest BCUT2D eigenvalue weighted by Gasteiger charge is 2.32. The van der Waals surface area contributed by atoms with Crippen molar-refractivity contribution in [2.45, 2.75) is 12.5 Å². The van der Waals surface area contributed by atoms with Crippen LogP contribution in [0, 0.1) is 0 Å². The molecule has 2 amide bonds. The van der Waals surface area contributed by atoms with Gasteiger partial charge in [-0.1, -0.05) is 23.7 Å². The van der Waals surface area contributed by atoms with E-state index in [9.17, 15) is 9.59 Å². The van der Waals surface area contributed by atoms with Crippen LogP contribution in [0.15, 0.2) is 36.5 Å². The van der Waals surface area contributed by atoms with Crippen molar-refractivity contribution in [1.29, 1.82) is 0 Å². The first-order chi connectivity index (χ1) is 11.6. The lowest BCUT2D eigenvalue weighted by molar-refractivity contribution is -0.117. The van der Waals surface area contributed by atoms with Gasteiger partial charge in [-0.2, -0.15) is 4.98 Å². The molecule has 124 valence electrons. The lowest BCUT2D eigenvalue weighted by atomic mass is 10.2. The van der Waals surface area contributed by atoms with Gasteiger partial charge in [0.05, 0.1) is 23.9 Å². The molecule has 2 aromatic rings. The van der Waals surface area contributed by atoms with Gasteiger partial charge < -0.3 is 15.0 Å². The summed E-state index contributed by atoms with van der Waals surface area (Å²) in [6, 6.07) is 8.40. The van der Waals surface area contributed by atoms with Crippen LogP contribution in [0.2, 0.25) is 5.02 Å². The monoisotopic (exact) mass is 346 g/mol. The standard InChI is InChI=1S/C16H15ClN4O3/c1-24-16-18-7-6-12(20-16)15(23)19-10-8-14(22)21(9-10)13-5-3-2-4-11(13)17/h2-7,10H,8-9H2,1H3,(H,19,23). The van der Waals surface area contributed by atoms with Gasteiger partial charge in [-0.3, -0.25) is 9.59 Å². The Hall–Kier alpha value is -2.67. The molecule has 0 saturated carbocycles. The molecule has 1 saturated heterocycles. The van der Waals surface area contributed by atoms with E-state index in [0.717, 1.165) is 0 Å². The van der Waals surface area contributed by atoms with Crippen molar-refractivity contribution < 1.29 is 14.3 Å². The summed E-state index contributed by atoms with van der Waals surface area (Å²) < 4.78 is 4.90. The summed E-state index contributed by atoms with van der Waals surface area (Å²) in [7, 11) is 1.42. The van der Waals surface area contributed by atoms with Crippen LogP contribution in [0.25, 0.3) is 0 Å². The summed E-state index contributed by atoms with van der Waals surface area (Å²) in [6.45, 7) is 0.358. The number of para-hydroxylation sites is 1. The van der Waals surface area contributed by atoms with Crippen molar-refractivity contribution in [3.8, 4) is 6.01 Å². The number of carbonyl (C=O) groups excluding carboxylic acids is 2. The Morgan fingerprint density at radius 1 is 1.38 bits per heavy atom. The van der Waals surface area contributed by atoms with Gasteiger partial charge in [0.1, 0.15) is 5.69 Å². The van der Waals surface area contributed by atoms with Gasteiger partial charge in [-0.05, 0) is 18.2 Å². The molecule has 3 rings (SSSR count). The molecule has 1 atom stereocenters. The van der Waals surface area contributed by atoms with E-state index in [-0.39, 0.29) is 36.0 Å². The zero-order chi connectivity index (χ0) is 17.1. The van der Waals surface area contributed by atoms with Gasteiger partial charge >= 0.3 is 6.01 Å². The topological polar surface area (TPSA) is 84.4 Å². The summed E-state index contributed by atoms with van der Waals surface area (Å²) in [4.78, 5) is 33.9. The van der Waals surface area contributed by atoms with Crippen molar-refractivity contribution in [1.82, 2.24) is 15.3 Å². The van der Waals surface area contributed by atoms with Gasteiger partial charge in [0.15, 0.2) is 0 Å². The van der Waals surface area contributed by atoms with E-state index in [0.29, 0.717) is 17.3 Å². The van der Waals surface area contributed by atoms with Crippen LogP contribution < -0.4 is 15.0 Å². The van der Waals surface area contributed by atoms with Gasteiger partial charge in [0, 0.05) is 19.2 Å². The molecule has 8 heteroatoms. The first-order valence-electron chi connectivity index (χ1n) is 7.31. The molecule has 1 aliphatic heterocycles. The third-order valence-corrected chi connectivity index (χ3v) is 3.97. The van der Waals surface area contributed by atoms with E-state index in [1.165, 1.54) is 19.4 Å². The lowest BCUT2D eigenvalue weighted by Crippen LogP contribution is -2.37. The van der Waals surface area contributed by atoms with Crippen molar-refractivity contribution in [2.75, 3.05) is 18.6 Å². The fourth-order valence-corrected chi connectivity index (χ4v) is 2.77. The first kappa shape index (κ1) is 16.2. The Balaban J connectivity index is 1.70. The number of amides is 2. The van der Waals surface area contributed by atoms with Crippen molar-refractivity contribution >= 4 is 29.1 Å². The van der Waals surface area contributed by atoms with Crippen LogP contribution in [0.3, 0.4) is 0 Å². The summed E-state index contributed by atoms with van der Waals surface area (Å²) in [6.07, 6.45) is 1.65. The maximum atomic E-state index is 12.3. The number of anilines is 1. The Morgan fingerprint density at radius 2 is 2.17 bits per heavy atom. The fourth-order valence-electron chi connectivity index (χ4n) is 2.53. The number of nitrogens with zero attached hydrogens (tertiary/aromatic N) is 3. The van der Waals surface area contributed by atoms with Crippen LogP contribution in [0.5, 0.6) is 6.01 Å². The van der Waals surface area contributed by atoms with E-state index in [1.807, 2.05) is 6.07 Å². The molecule has 7 nitrogen and oxygen atoms in total. The van der Waals surface area contributed by atoms with Gasteiger partial charge in [0.25, 0.3) is 5.91 Å². The van der Waals surface area contributed by atoms with E-state index in [1.54, 1.807) is 23.1 Å². The van der Waals surface area contributed by atoms with Crippen molar-refractivity contribution in [3.05, 3.63) is 47.2 Å². The third-order valence-electron chi connectivity index (χ3n) is 3.65. The Bertz CT molecular complexity index is 783. The molecule has 1 fully saturated rings. The predicted octanol–water partition coefficient (Wildman–Crippen LogP) is 1.67. The first-order valence-corrected chi connectivity index (χ1v) is 7.69. The van der Waals surface area contributed by atoms with Crippen LogP contribution in [0.4, 0.5) is 5.69 Å². The zero-order valence-corrected chi connectivity index (χ0v) is 13.7. The second kappa shape index (κ2) is 6.84. The summed E-state index contributed by atoms with van der Waals surface area (Å²) in [5.41, 5.74) is 0.829. The number of methoxy groups -OCH3 is 1. The van der Waals surface area contributed by atoms with Gasteiger partial charge in [-0.15, -0.1) is 0 Å². The maximum absolute atomic E-state index is 12.3. The number of carbonyl (C=O) groups is 2. The van der Waals surface area contributed by atoms with Crippen LogP contribution in [-0.2, 0) is 4.79 Å². The van der Waals surface area contributed by atoms with E-state index in [4.69, 9.17) is 16.3 Å². The summed E-state index contributed by atoms with van der Waals surface area (Å²) in [5, 5.41) is 3.30. The molecule has 2 heterocycles. The average Bonchev–Trinajstić information content (AvgIpc) is 2.95. The average molecular weight is 347 g/mol. The molecule has 24 heavy (non-hydrogen) atoms. The van der Waals surface area contributed by atoms with E-state index >= 15 is 0 Å². The highest BCUT2D eigenvalue weighted by atomic mass is 35.5. The highest BCUT2D eigenvalue weighted by Crippen LogP contribution is 2.29. The predicted molar refractivity (Wildman–Crippen MR) is 88.3 cm³/mol. The molecule has 1 unspecified atom stereocenters.